The molecule has 4 heteroatoms. The standard InChI is InChI=1S/C21H23N3O/c1-5-25-17-10-11-18-19(13-22)21(24(14(2)3)20(18)12-17)15-6-8-16(23-4)9-7-15/h6-12,14,23H,5H2,1-4H3. The number of hydrogen-bond acceptors (Lipinski definition) is 3. The predicted molar refractivity (Wildman–Crippen MR) is 103 cm³/mol. The Morgan fingerprint density at radius 3 is 2.44 bits per heavy atom. The zero-order chi connectivity index (χ0) is 18.0. The Balaban J connectivity index is 2.32. The van der Waals surface area contributed by atoms with Crippen LogP contribution < -0.4 is 10.1 Å². The number of rotatable bonds is 5. The number of benzene rings is 2. The Morgan fingerprint density at radius 1 is 1.16 bits per heavy atom. The number of ether oxygens (including phenoxy) is 1. The molecule has 1 heterocycles. The van der Waals surface area contributed by atoms with Crippen LogP contribution in [0.25, 0.3) is 22.2 Å². The van der Waals surface area contributed by atoms with Crippen molar-refractivity contribution in [3.8, 4) is 23.1 Å². The fourth-order valence-corrected chi connectivity index (χ4v) is 3.27. The minimum atomic E-state index is 0.223. The quantitative estimate of drug-likeness (QED) is 0.698. The highest BCUT2D eigenvalue weighted by Crippen LogP contribution is 2.37. The molecule has 0 bridgehead atoms. The van der Waals surface area contributed by atoms with Gasteiger partial charge in [-0.1, -0.05) is 12.1 Å². The second-order valence-corrected chi connectivity index (χ2v) is 6.24. The molecule has 3 aromatic rings. The normalized spacial score (nSPS) is 10.9. The molecule has 0 amide bonds. The predicted octanol–water partition coefficient (Wildman–Crippen LogP) is 5.20. The highest BCUT2D eigenvalue weighted by atomic mass is 16.5. The molecule has 0 fully saturated rings. The molecular weight excluding hydrogens is 310 g/mol. The average molecular weight is 333 g/mol. The molecule has 25 heavy (non-hydrogen) atoms. The lowest BCUT2D eigenvalue weighted by molar-refractivity contribution is 0.340. The van der Waals surface area contributed by atoms with Gasteiger partial charge in [-0.05, 0) is 50.6 Å². The van der Waals surface area contributed by atoms with E-state index in [1.165, 1.54) is 0 Å². The fourth-order valence-electron chi connectivity index (χ4n) is 3.27. The summed E-state index contributed by atoms with van der Waals surface area (Å²) in [6.45, 7) is 6.87. The molecule has 2 aromatic carbocycles. The molecule has 0 saturated heterocycles. The number of nitrogens with zero attached hydrogens (tertiary/aromatic N) is 2. The second-order valence-electron chi connectivity index (χ2n) is 6.24. The van der Waals surface area contributed by atoms with Gasteiger partial charge < -0.3 is 14.6 Å². The molecule has 0 aliphatic heterocycles. The van der Waals surface area contributed by atoms with Gasteiger partial charge in [-0.3, -0.25) is 0 Å². The molecule has 3 rings (SSSR count). The molecular formula is C21H23N3O. The van der Waals surface area contributed by atoms with Crippen molar-refractivity contribution < 1.29 is 4.74 Å². The van der Waals surface area contributed by atoms with Crippen LogP contribution in [0, 0.1) is 11.3 Å². The summed E-state index contributed by atoms with van der Waals surface area (Å²) < 4.78 is 7.89. The van der Waals surface area contributed by atoms with Gasteiger partial charge in [-0.2, -0.15) is 5.26 Å². The van der Waals surface area contributed by atoms with E-state index in [1.54, 1.807) is 0 Å². The van der Waals surface area contributed by atoms with Crippen molar-refractivity contribution in [1.29, 1.82) is 5.26 Å². The van der Waals surface area contributed by atoms with E-state index in [2.05, 4.69) is 41.9 Å². The molecule has 1 aromatic heterocycles. The topological polar surface area (TPSA) is 50.0 Å². The largest absolute Gasteiger partial charge is 0.494 e. The van der Waals surface area contributed by atoms with Crippen LogP contribution in [0.5, 0.6) is 5.75 Å². The average Bonchev–Trinajstić information content (AvgIpc) is 2.95. The van der Waals surface area contributed by atoms with Gasteiger partial charge in [0.15, 0.2) is 0 Å². The Labute approximate surface area is 148 Å². The van der Waals surface area contributed by atoms with Crippen LogP contribution in [0.4, 0.5) is 5.69 Å². The van der Waals surface area contributed by atoms with Crippen molar-refractivity contribution in [2.45, 2.75) is 26.8 Å². The van der Waals surface area contributed by atoms with E-state index >= 15 is 0 Å². The molecule has 0 spiro atoms. The van der Waals surface area contributed by atoms with E-state index in [-0.39, 0.29) is 6.04 Å². The van der Waals surface area contributed by atoms with E-state index in [0.29, 0.717) is 12.2 Å². The maximum Gasteiger partial charge on any atom is 0.121 e. The Bertz CT molecular complexity index is 930. The van der Waals surface area contributed by atoms with E-state index in [4.69, 9.17) is 4.74 Å². The van der Waals surface area contributed by atoms with Crippen LogP contribution in [-0.2, 0) is 0 Å². The molecule has 0 unspecified atom stereocenters. The summed E-state index contributed by atoms with van der Waals surface area (Å²) in [5, 5.41) is 13.9. The Morgan fingerprint density at radius 2 is 1.88 bits per heavy atom. The fraction of sp³-hybridized carbons (Fsp3) is 0.286. The van der Waals surface area contributed by atoms with Gasteiger partial charge in [0.1, 0.15) is 11.8 Å². The van der Waals surface area contributed by atoms with Crippen LogP contribution in [0.1, 0.15) is 32.4 Å². The SMILES string of the molecule is CCOc1ccc2c(C#N)c(-c3ccc(NC)cc3)n(C(C)C)c2c1. The molecule has 1 N–H and O–H groups in total. The number of nitrogens with one attached hydrogen (secondary N) is 1. The van der Waals surface area contributed by atoms with Crippen molar-refractivity contribution in [3.05, 3.63) is 48.0 Å². The first-order valence-electron chi connectivity index (χ1n) is 8.59. The van der Waals surface area contributed by atoms with Gasteiger partial charge in [-0.15, -0.1) is 0 Å². The summed E-state index contributed by atoms with van der Waals surface area (Å²) in [6, 6.07) is 16.8. The highest BCUT2D eigenvalue weighted by molar-refractivity contribution is 5.95. The smallest absolute Gasteiger partial charge is 0.121 e. The van der Waals surface area contributed by atoms with Crippen molar-refractivity contribution >= 4 is 16.6 Å². The summed E-state index contributed by atoms with van der Waals surface area (Å²) in [5.74, 6) is 0.830. The lowest BCUT2D eigenvalue weighted by Gasteiger charge is -2.16. The van der Waals surface area contributed by atoms with Gasteiger partial charge in [0, 0.05) is 30.2 Å². The van der Waals surface area contributed by atoms with Gasteiger partial charge in [0.05, 0.1) is 23.4 Å². The van der Waals surface area contributed by atoms with Crippen molar-refractivity contribution in [2.24, 2.45) is 0 Å². The molecule has 0 aliphatic rings. The monoisotopic (exact) mass is 333 g/mol. The third-order valence-electron chi connectivity index (χ3n) is 4.36. The minimum Gasteiger partial charge on any atom is -0.494 e. The van der Waals surface area contributed by atoms with Crippen molar-refractivity contribution in [3.63, 3.8) is 0 Å². The second kappa shape index (κ2) is 6.90. The third kappa shape index (κ3) is 2.94. The number of hydrogen-bond donors (Lipinski definition) is 1. The number of aromatic nitrogens is 1. The lowest BCUT2D eigenvalue weighted by atomic mass is 10.1. The molecule has 128 valence electrons. The Hall–Kier alpha value is -2.93. The third-order valence-corrected chi connectivity index (χ3v) is 4.36. The molecule has 0 atom stereocenters. The van der Waals surface area contributed by atoms with E-state index in [9.17, 15) is 5.26 Å². The summed E-state index contributed by atoms with van der Waals surface area (Å²) in [5.41, 5.74) is 4.80. The van der Waals surface area contributed by atoms with E-state index < -0.39 is 0 Å². The van der Waals surface area contributed by atoms with Crippen LogP contribution in [0.3, 0.4) is 0 Å². The van der Waals surface area contributed by atoms with Crippen LogP contribution in [-0.4, -0.2) is 18.2 Å². The summed E-state index contributed by atoms with van der Waals surface area (Å²) in [4.78, 5) is 0. The molecule has 4 nitrogen and oxygen atoms in total. The zero-order valence-electron chi connectivity index (χ0n) is 15.1. The first-order valence-corrected chi connectivity index (χ1v) is 8.59. The minimum absolute atomic E-state index is 0.223. The number of anilines is 1. The lowest BCUT2D eigenvalue weighted by Crippen LogP contribution is -2.03. The van der Waals surface area contributed by atoms with E-state index in [0.717, 1.165) is 33.6 Å². The van der Waals surface area contributed by atoms with Gasteiger partial charge in [0.25, 0.3) is 0 Å². The maximum atomic E-state index is 9.84. The van der Waals surface area contributed by atoms with Crippen LogP contribution in [0.2, 0.25) is 0 Å². The van der Waals surface area contributed by atoms with Gasteiger partial charge >= 0.3 is 0 Å². The van der Waals surface area contributed by atoms with Crippen molar-refractivity contribution in [2.75, 3.05) is 19.0 Å². The zero-order valence-corrected chi connectivity index (χ0v) is 15.1. The van der Waals surface area contributed by atoms with Crippen LogP contribution >= 0.6 is 0 Å². The first-order chi connectivity index (χ1) is 12.1. The van der Waals surface area contributed by atoms with Gasteiger partial charge in [-0.25, -0.2) is 0 Å². The number of fused-ring (bicyclic) bond motifs is 1. The van der Waals surface area contributed by atoms with Crippen molar-refractivity contribution in [1.82, 2.24) is 4.57 Å². The van der Waals surface area contributed by atoms with Crippen LogP contribution in [0.15, 0.2) is 42.5 Å². The molecule has 0 aliphatic carbocycles. The maximum absolute atomic E-state index is 9.84. The number of nitriles is 1. The first kappa shape index (κ1) is 16.9. The molecule has 0 radical (unpaired) electrons. The molecule has 0 saturated carbocycles. The summed E-state index contributed by atoms with van der Waals surface area (Å²) >= 11 is 0. The summed E-state index contributed by atoms with van der Waals surface area (Å²) in [6.07, 6.45) is 0. The summed E-state index contributed by atoms with van der Waals surface area (Å²) in [7, 11) is 1.90. The van der Waals surface area contributed by atoms with Gasteiger partial charge in [0.2, 0.25) is 0 Å². The van der Waals surface area contributed by atoms with E-state index in [1.807, 2.05) is 44.3 Å². The Kier molecular flexibility index (Phi) is 4.67. The highest BCUT2D eigenvalue weighted by Gasteiger charge is 2.20.